The van der Waals surface area contributed by atoms with Crippen LogP contribution in [0.4, 0.5) is 0 Å². The maximum absolute atomic E-state index is 12.4. The van der Waals surface area contributed by atoms with E-state index in [1.54, 1.807) is 24.8 Å². The lowest BCUT2D eigenvalue weighted by Crippen LogP contribution is -2.22. The predicted octanol–water partition coefficient (Wildman–Crippen LogP) is 2.88. The van der Waals surface area contributed by atoms with Crippen molar-refractivity contribution in [3.63, 3.8) is 0 Å². The Bertz CT molecular complexity index is 973. The molecular weight excluding hydrogens is 302 g/mol. The fourth-order valence-corrected chi connectivity index (χ4v) is 2.68. The lowest BCUT2D eigenvalue weighted by molar-refractivity contribution is 0.0952. The molecule has 3 heterocycles. The molecule has 1 amide bonds. The molecule has 6 nitrogen and oxygen atoms in total. The smallest absolute Gasteiger partial charge is 0.253 e. The summed E-state index contributed by atoms with van der Waals surface area (Å²) in [5.41, 5.74) is 4.57. The van der Waals surface area contributed by atoms with Crippen molar-refractivity contribution in [2.45, 2.75) is 6.54 Å². The number of hydrogen-bond acceptors (Lipinski definition) is 3. The molecule has 24 heavy (non-hydrogen) atoms. The molecule has 4 rings (SSSR count). The van der Waals surface area contributed by atoms with Crippen LogP contribution in [0.2, 0.25) is 0 Å². The molecule has 0 radical (unpaired) electrons. The van der Waals surface area contributed by atoms with Gasteiger partial charge in [0.05, 0.1) is 11.8 Å². The van der Waals surface area contributed by atoms with Crippen molar-refractivity contribution in [1.82, 2.24) is 25.5 Å². The van der Waals surface area contributed by atoms with Crippen LogP contribution in [-0.2, 0) is 6.54 Å². The minimum Gasteiger partial charge on any atom is -0.360 e. The summed E-state index contributed by atoms with van der Waals surface area (Å²) in [5, 5.41) is 10.6. The monoisotopic (exact) mass is 317 g/mol. The maximum atomic E-state index is 12.4. The molecule has 1 aromatic carbocycles. The lowest BCUT2D eigenvalue weighted by Gasteiger charge is -2.04. The number of rotatable bonds is 4. The van der Waals surface area contributed by atoms with E-state index >= 15 is 0 Å². The van der Waals surface area contributed by atoms with E-state index in [1.165, 1.54) is 0 Å². The predicted molar refractivity (Wildman–Crippen MR) is 91.3 cm³/mol. The number of aromatic amines is 2. The van der Waals surface area contributed by atoms with E-state index in [0.29, 0.717) is 12.1 Å². The fraction of sp³-hybridized carbons (Fsp3) is 0.0556. The fourth-order valence-electron chi connectivity index (χ4n) is 2.68. The summed E-state index contributed by atoms with van der Waals surface area (Å²) < 4.78 is 0. The SMILES string of the molecule is O=C(NCc1cccnc1)c1c[nH]c2cc(-c3cn[nH]c3)ccc12. The first-order valence-electron chi connectivity index (χ1n) is 7.58. The third kappa shape index (κ3) is 2.65. The number of nitrogens with zero attached hydrogens (tertiary/aromatic N) is 2. The molecule has 0 aliphatic heterocycles. The first-order chi connectivity index (χ1) is 11.8. The first-order valence-corrected chi connectivity index (χ1v) is 7.58. The van der Waals surface area contributed by atoms with Crippen LogP contribution in [0.1, 0.15) is 15.9 Å². The second kappa shape index (κ2) is 6.00. The Morgan fingerprint density at radius 3 is 2.88 bits per heavy atom. The second-order valence-electron chi connectivity index (χ2n) is 5.49. The summed E-state index contributed by atoms with van der Waals surface area (Å²) in [6.45, 7) is 0.451. The van der Waals surface area contributed by atoms with Gasteiger partial charge in [-0.25, -0.2) is 0 Å². The van der Waals surface area contributed by atoms with Gasteiger partial charge in [-0.3, -0.25) is 14.9 Å². The van der Waals surface area contributed by atoms with Crippen LogP contribution in [0.15, 0.2) is 61.3 Å². The van der Waals surface area contributed by atoms with Crippen LogP contribution in [0.25, 0.3) is 22.0 Å². The van der Waals surface area contributed by atoms with E-state index in [9.17, 15) is 4.79 Å². The lowest BCUT2D eigenvalue weighted by atomic mass is 10.1. The molecule has 3 N–H and O–H groups in total. The molecule has 118 valence electrons. The van der Waals surface area contributed by atoms with E-state index in [4.69, 9.17) is 0 Å². The zero-order valence-corrected chi connectivity index (χ0v) is 12.8. The number of H-pyrrole nitrogens is 2. The van der Waals surface area contributed by atoms with Crippen LogP contribution in [0.3, 0.4) is 0 Å². The molecule has 0 spiro atoms. The minimum atomic E-state index is -0.110. The van der Waals surface area contributed by atoms with E-state index < -0.39 is 0 Å². The number of amides is 1. The molecular formula is C18H15N5O. The number of pyridine rings is 1. The number of carbonyl (C=O) groups excluding carboxylic acids is 1. The molecule has 0 bridgehead atoms. The highest BCUT2D eigenvalue weighted by Crippen LogP contribution is 2.25. The van der Waals surface area contributed by atoms with Gasteiger partial charge in [0.1, 0.15) is 0 Å². The highest BCUT2D eigenvalue weighted by Gasteiger charge is 2.12. The van der Waals surface area contributed by atoms with Gasteiger partial charge in [-0.05, 0) is 23.3 Å². The Balaban J connectivity index is 1.57. The molecule has 0 aliphatic carbocycles. The van der Waals surface area contributed by atoms with Crippen molar-refractivity contribution in [3.05, 3.63) is 72.4 Å². The van der Waals surface area contributed by atoms with Gasteiger partial charge in [-0.15, -0.1) is 0 Å². The average Bonchev–Trinajstić information content (AvgIpc) is 3.29. The van der Waals surface area contributed by atoms with E-state index in [-0.39, 0.29) is 5.91 Å². The standard InChI is InChI=1S/C18H15N5O/c24-18(21-8-12-2-1-5-19-7-12)16-11-20-17-6-13(3-4-15(16)17)14-9-22-23-10-14/h1-7,9-11,20H,8H2,(H,21,24)(H,22,23). The molecule has 0 fully saturated rings. The zero-order valence-electron chi connectivity index (χ0n) is 12.8. The molecule has 4 aromatic rings. The molecule has 6 heteroatoms. The summed E-state index contributed by atoms with van der Waals surface area (Å²) in [5.74, 6) is -0.110. The topological polar surface area (TPSA) is 86.5 Å². The van der Waals surface area contributed by atoms with Gasteiger partial charge < -0.3 is 10.3 Å². The Morgan fingerprint density at radius 2 is 2.08 bits per heavy atom. The highest BCUT2D eigenvalue weighted by atomic mass is 16.1. The van der Waals surface area contributed by atoms with E-state index in [2.05, 4.69) is 25.5 Å². The maximum Gasteiger partial charge on any atom is 0.253 e. The quantitative estimate of drug-likeness (QED) is 0.541. The van der Waals surface area contributed by atoms with Crippen LogP contribution in [0, 0.1) is 0 Å². The van der Waals surface area contributed by atoms with Gasteiger partial charge in [-0.2, -0.15) is 5.10 Å². The van der Waals surface area contributed by atoms with Crippen LogP contribution in [-0.4, -0.2) is 26.1 Å². The van der Waals surface area contributed by atoms with Gasteiger partial charge in [0.2, 0.25) is 0 Å². The van der Waals surface area contributed by atoms with E-state index in [0.717, 1.165) is 27.6 Å². The van der Waals surface area contributed by atoms with Crippen molar-refractivity contribution in [2.24, 2.45) is 0 Å². The Kier molecular flexibility index (Phi) is 3.55. The molecule has 0 unspecified atom stereocenters. The number of hydrogen-bond donors (Lipinski definition) is 3. The Labute approximate surface area is 137 Å². The summed E-state index contributed by atoms with van der Waals surface area (Å²) >= 11 is 0. The summed E-state index contributed by atoms with van der Waals surface area (Å²) in [7, 11) is 0. The van der Waals surface area contributed by atoms with Gasteiger partial charge in [0, 0.05) is 47.8 Å². The molecule has 3 aromatic heterocycles. The van der Waals surface area contributed by atoms with Gasteiger partial charge >= 0.3 is 0 Å². The van der Waals surface area contributed by atoms with Crippen molar-refractivity contribution < 1.29 is 4.79 Å². The van der Waals surface area contributed by atoms with Crippen LogP contribution < -0.4 is 5.32 Å². The number of fused-ring (bicyclic) bond motifs is 1. The van der Waals surface area contributed by atoms with Crippen LogP contribution >= 0.6 is 0 Å². The van der Waals surface area contributed by atoms with Gasteiger partial charge in [0.25, 0.3) is 5.91 Å². The summed E-state index contributed by atoms with van der Waals surface area (Å²) in [6, 6.07) is 9.73. The minimum absolute atomic E-state index is 0.110. The third-order valence-electron chi connectivity index (χ3n) is 3.93. The zero-order chi connectivity index (χ0) is 16.4. The van der Waals surface area contributed by atoms with Gasteiger partial charge in [0.15, 0.2) is 0 Å². The molecule has 0 saturated carbocycles. The normalized spacial score (nSPS) is 10.8. The largest absolute Gasteiger partial charge is 0.360 e. The summed E-state index contributed by atoms with van der Waals surface area (Å²) in [4.78, 5) is 19.7. The number of benzene rings is 1. The van der Waals surface area contributed by atoms with Crippen molar-refractivity contribution in [1.29, 1.82) is 0 Å². The third-order valence-corrected chi connectivity index (χ3v) is 3.93. The van der Waals surface area contributed by atoms with Crippen molar-refractivity contribution in [2.75, 3.05) is 0 Å². The van der Waals surface area contributed by atoms with Gasteiger partial charge in [-0.1, -0.05) is 18.2 Å². The Morgan fingerprint density at radius 1 is 1.12 bits per heavy atom. The molecule has 0 saturated heterocycles. The van der Waals surface area contributed by atoms with Crippen molar-refractivity contribution in [3.8, 4) is 11.1 Å². The average molecular weight is 317 g/mol. The highest BCUT2D eigenvalue weighted by molar-refractivity contribution is 6.07. The van der Waals surface area contributed by atoms with Crippen molar-refractivity contribution >= 4 is 16.8 Å². The summed E-state index contributed by atoms with van der Waals surface area (Å²) in [6.07, 6.45) is 8.80. The van der Waals surface area contributed by atoms with E-state index in [1.807, 2.05) is 36.5 Å². The second-order valence-corrected chi connectivity index (χ2v) is 5.49. The number of carbonyl (C=O) groups is 1. The first kappa shape index (κ1) is 14.2. The molecule has 0 aliphatic rings. The molecule has 0 atom stereocenters. The number of aromatic nitrogens is 4. The number of nitrogens with one attached hydrogen (secondary N) is 3. The Hall–Kier alpha value is -3.41. The van der Waals surface area contributed by atoms with Crippen LogP contribution in [0.5, 0.6) is 0 Å².